The maximum Gasteiger partial charge on any atom is 0.172 e. The first kappa shape index (κ1) is 90.6. The van der Waals surface area contributed by atoms with Gasteiger partial charge < -0.3 is 95.5 Å². The van der Waals surface area contributed by atoms with Crippen LogP contribution in [0.25, 0.3) is 0 Å². The average molecular weight is 1810 g/mol. The SMILES string of the molecule is C=C1CC2CCC34CC5OC6C(OC7CCC(CC(=O)CC8C(CC9OC(CCC1O2)CC(C)C9=C)OC(CC(O)CI)C8OC)OC7C6O3)C5O4.C=C1CC2CCC34CC5OC6C(OC7CCC(CC(=O)CC8C(CC9OC(CCC1O2)CC(C)C9=C)OC(CC(O)CS)C8OC)OC7C6O3)C5O4.Cc1ccccc1.Cc1ccccc1.[Ar]. The molecule has 660 valence electrons. The summed E-state index contributed by atoms with van der Waals surface area (Å²) in [6.07, 6.45) is 10.8. The van der Waals surface area contributed by atoms with Crippen molar-refractivity contribution in [3.63, 3.8) is 0 Å². The van der Waals surface area contributed by atoms with Crippen molar-refractivity contribution >= 4 is 46.8 Å². The summed E-state index contributed by atoms with van der Waals surface area (Å²) < 4.78 is 121. The van der Waals surface area contributed by atoms with Crippen LogP contribution in [0.3, 0.4) is 0 Å². The molecule has 119 heavy (non-hydrogen) atoms. The minimum atomic E-state index is -0.777. The van der Waals surface area contributed by atoms with Crippen LogP contribution in [-0.4, -0.2) is 253 Å². The molecule has 38 atom stereocenters. The number of benzene rings is 2. The molecular formula is C94H131ArIO22S. The molecule has 0 aliphatic carbocycles. The molecule has 22 nitrogen and oxygen atoms in total. The largest absolute Gasteiger partial charge is 0.392 e. The van der Waals surface area contributed by atoms with Gasteiger partial charge in [-0.3, -0.25) is 9.59 Å². The van der Waals surface area contributed by atoms with Gasteiger partial charge in [0.2, 0.25) is 0 Å². The molecule has 20 fully saturated rings. The minimum Gasteiger partial charge on any atom is -0.392 e. The predicted octanol–water partition coefficient (Wildman–Crippen LogP) is 13.3. The first-order chi connectivity index (χ1) is 57.0. The van der Waals surface area contributed by atoms with E-state index in [-0.39, 0.29) is 263 Å². The summed E-state index contributed by atoms with van der Waals surface area (Å²) in [5, 5.41) is 21.2. The maximum atomic E-state index is 14.1. The van der Waals surface area contributed by atoms with Gasteiger partial charge in [0.1, 0.15) is 72.6 Å². The monoisotopic (exact) mass is 1810 g/mol. The third kappa shape index (κ3) is 19.9. The zero-order valence-corrected chi connectivity index (χ0v) is 74.2. The number of carbonyl (C=O) groups is 2. The number of aryl methyl sites for hydroxylation is 2. The van der Waals surface area contributed by atoms with E-state index in [0.29, 0.717) is 80.3 Å². The molecule has 2 spiro atoms. The Morgan fingerprint density at radius 2 is 0.807 bits per heavy atom. The number of Topliss-reactive ketones (excluding diaryl/α,β-unsaturated/α-hetero) is 2. The summed E-state index contributed by atoms with van der Waals surface area (Å²) in [5.74, 6) is -0.799. The van der Waals surface area contributed by atoms with Crippen molar-refractivity contribution < 1.29 is 143 Å². The second-order valence-electron chi connectivity index (χ2n) is 38.0. The smallest absolute Gasteiger partial charge is 0.172 e. The Bertz CT molecular complexity index is 3570. The molecule has 2 aromatic rings. The molecule has 2 aromatic carbocycles. The van der Waals surface area contributed by atoms with Gasteiger partial charge in [0.05, 0.1) is 134 Å². The minimum absolute atomic E-state index is 0. The normalized spacial score (nSPS) is 46.8. The van der Waals surface area contributed by atoms with Crippen LogP contribution in [0, 0.1) is 75.3 Å². The van der Waals surface area contributed by atoms with Gasteiger partial charge in [-0.1, -0.05) is 135 Å². The van der Waals surface area contributed by atoms with Crippen molar-refractivity contribution in [3.05, 3.63) is 120 Å². The summed E-state index contributed by atoms with van der Waals surface area (Å²) in [4.78, 5) is 28.1. The maximum absolute atomic E-state index is 14.1. The average Bonchev–Trinajstić information content (AvgIpc) is 1.55. The number of rotatable bonds is 8. The Morgan fingerprint density at radius 1 is 0.429 bits per heavy atom. The number of methoxy groups -OCH3 is 2. The number of ether oxygens (including phenoxy) is 18. The van der Waals surface area contributed by atoms with Crippen LogP contribution >= 0.6 is 35.2 Å². The molecule has 0 amide bonds. The molecule has 0 saturated carbocycles. The van der Waals surface area contributed by atoms with Crippen LogP contribution < -0.4 is 0 Å². The fourth-order valence-electron chi connectivity index (χ4n) is 23.6. The molecule has 38 unspecified atom stereocenters. The van der Waals surface area contributed by atoms with Crippen molar-refractivity contribution in [1.29, 1.82) is 0 Å². The first-order valence-corrected chi connectivity index (χ1v) is 47.1. The quantitative estimate of drug-likeness (QED) is 0.0963. The Kier molecular flexibility index (Phi) is 29.9. The van der Waals surface area contributed by atoms with Gasteiger partial charge >= 0.3 is 0 Å². The van der Waals surface area contributed by atoms with Crippen LogP contribution in [0.1, 0.15) is 192 Å². The summed E-state index contributed by atoms with van der Waals surface area (Å²) in [5.41, 5.74) is 7.08. The van der Waals surface area contributed by atoms with E-state index in [2.05, 4.69) is 113 Å². The topological polar surface area (TPSA) is 241 Å². The van der Waals surface area contributed by atoms with Crippen LogP contribution in [0.5, 0.6) is 0 Å². The molecule has 20 heterocycles. The van der Waals surface area contributed by atoms with E-state index in [4.69, 9.17) is 85.3 Å². The number of hydrogen-bond donors (Lipinski definition) is 3. The molecule has 22 rings (SSSR count). The number of fused-ring (bicyclic) bond motifs is 12. The Balaban J connectivity index is 0.000000151. The summed E-state index contributed by atoms with van der Waals surface area (Å²) >= 11 is 6.52. The second-order valence-corrected chi connectivity index (χ2v) is 39.3. The molecule has 25 heteroatoms. The van der Waals surface area contributed by atoms with Crippen molar-refractivity contribution in [2.24, 2.45) is 23.7 Å². The summed E-state index contributed by atoms with van der Waals surface area (Å²) in [6, 6.07) is 20.5. The molecule has 0 radical (unpaired) electrons. The van der Waals surface area contributed by atoms with E-state index >= 15 is 0 Å². The Morgan fingerprint density at radius 3 is 1.20 bits per heavy atom. The van der Waals surface area contributed by atoms with E-state index in [9.17, 15) is 19.8 Å². The number of halogens is 1. The number of aliphatic hydroxyl groups is 2. The van der Waals surface area contributed by atoms with Gasteiger partial charge in [0.25, 0.3) is 0 Å². The van der Waals surface area contributed by atoms with Gasteiger partial charge in [-0.2, -0.15) is 12.6 Å². The van der Waals surface area contributed by atoms with Gasteiger partial charge in [-0.05, 0) is 138 Å². The number of ketones is 2. The molecule has 24 bridgehead atoms. The van der Waals surface area contributed by atoms with E-state index < -0.39 is 23.8 Å². The van der Waals surface area contributed by atoms with Crippen molar-refractivity contribution in [2.45, 2.75) is 402 Å². The molecule has 20 saturated heterocycles. The Labute approximate surface area is 753 Å². The van der Waals surface area contributed by atoms with Crippen molar-refractivity contribution in [1.82, 2.24) is 0 Å². The van der Waals surface area contributed by atoms with Gasteiger partial charge in [-0.15, -0.1) is 0 Å². The third-order valence-electron chi connectivity index (χ3n) is 29.7. The van der Waals surface area contributed by atoms with Crippen LogP contribution in [0.2, 0.25) is 0 Å². The number of carbonyl (C=O) groups excluding carboxylic acids is 2. The standard InChI is InChI=1S/C40H57IO11.C40H58O11S.2C7H8.Ar/c1-19-11-24-5-7-28-20(2)12-26(45-28)9-10-40-17-33-36(51-40)37-38(50-33)39(52-40)35-29(49-37)8-6-25(47-35)13-22(42)14-27-31(16-30(46-24)21(19)3)48-32(34(27)44-4)15-23(43)18-41;1-19-11-24-5-7-28-20(2)12-26(44-28)9-10-40-17-33-36(50-40)37-38(49-33)39(51-40)35-29(48-37)8-6-25(46-35)13-22(41)14-27-31(16-30(45-24)21(19)3)47-32(34(27)43-4)15-23(42)18-52;2*1-7-5-3-2-4-6-7;/h19,23-39,43H,2-3,5-18H2,1,4H3;19,23-39,42,52H,2-3,5-18H2,1,4H3;2*2-6H,1H3;. The van der Waals surface area contributed by atoms with Gasteiger partial charge in [0.15, 0.2) is 11.6 Å². The predicted molar refractivity (Wildman–Crippen MR) is 450 cm³/mol. The van der Waals surface area contributed by atoms with Gasteiger partial charge in [-0.25, -0.2) is 0 Å². The zero-order valence-electron chi connectivity index (χ0n) is 70.4. The fraction of sp³-hybridized carbons (Fsp3) is 0.766. The molecule has 0 aromatic heterocycles. The first-order valence-electron chi connectivity index (χ1n) is 44.9. The Hall–Kier alpha value is -1.72. The van der Waals surface area contributed by atoms with Crippen LogP contribution in [-0.2, 0) is 94.9 Å². The fourth-order valence-corrected chi connectivity index (χ4v) is 24.1. The third-order valence-corrected chi connectivity index (χ3v) is 31.1. The zero-order chi connectivity index (χ0) is 82.0. The van der Waals surface area contributed by atoms with Crippen LogP contribution in [0.4, 0.5) is 0 Å². The number of aliphatic hydroxyl groups excluding tert-OH is 2. The number of alkyl halides is 1. The van der Waals surface area contributed by atoms with E-state index in [1.54, 1.807) is 14.2 Å². The van der Waals surface area contributed by atoms with Crippen molar-refractivity contribution in [2.75, 3.05) is 24.4 Å². The summed E-state index contributed by atoms with van der Waals surface area (Å²) in [6.45, 7) is 26.5. The van der Waals surface area contributed by atoms with Gasteiger partial charge in [0, 0.05) is 151 Å². The number of thiol groups is 1. The van der Waals surface area contributed by atoms with E-state index in [1.165, 1.54) is 11.1 Å². The van der Waals surface area contributed by atoms with E-state index in [0.717, 1.165) is 112 Å². The van der Waals surface area contributed by atoms with Crippen molar-refractivity contribution in [3.8, 4) is 0 Å². The molecule has 20 aliphatic heterocycles. The molecule has 2 N–H and O–H groups in total. The number of hydrogen-bond acceptors (Lipinski definition) is 23. The van der Waals surface area contributed by atoms with E-state index in [1.807, 2.05) is 36.4 Å². The molecular weight excluding hydrogens is 1680 g/mol. The summed E-state index contributed by atoms with van der Waals surface area (Å²) in [7, 11) is 3.36. The molecule has 20 aliphatic rings. The van der Waals surface area contributed by atoms with Crippen LogP contribution in [0.15, 0.2) is 109 Å². The second kappa shape index (κ2) is 39.3.